The van der Waals surface area contributed by atoms with Crippen molar-refractivity contribution in [3.63, 3.8) is 0 Å². The number of hydrogen-bond acceptors (Lipinski definition) is 3. The smallest absolute Gasteiger partial charge is 0.248 e. The van der Waals surface area contributed by atoms with Crippen LogP contribution >= 0.6 is 22.6 Å². The highest BCUT2D eigenvalue weighted by Gasteiger charge is 2.29. The van der Waals surface area contributed by atoms with Gasteiger partial charge in [0.1, 0.15) is 6.61 Å². The maximum atomic E-state index is 11.6. The van der Waals surface area contributed by atoms with Crippen molar-refractivity contribution in [1.82, 2.24) is 15.1 Å². The van der Waals surface area contributed by atoms with Gasteiger partial charge in [0.15, 0.2) is 0 Å². The number of nitrogens with zero attached hydrogens (tertiary/aromatic N) is 2. The standard InChI is InChI=1S/C10H14IN3O2/c11-7-5-12-13-10(7)8-3-1-2-4-14(8)9(16)6-15/h5,8,15H,1-4,6H2,(H,12,13). The number of rotatable bonds is 2. The zero-order valence-electron chi connectivity index (χ0n) is 8.82. The molecule has 0 bridgehead atoms. The Kier molecular flexibility index (Phi) is 3.80. The number of nitrogens with one attached hydrogen (secondary N) is 1. The molecule has 2 heterocycles. The lowest BCUT2D eigenvalue weighted by Crippen LogP contribution is -2.40. The van der Waals surface area contributed by atoms with E-state index >= 15 is 0 Å². The van der Waals surface area contributed by atoms with Gasteiger partial charge in [-0.3, -0.25) is 9.89 Å². The first-order valence-electron chi connectivity index (χ1n) is 5.33. The van der Waals surface area contributed by atoms with Crippen LogP contribution in [0.4, 0.5) is 0 Å². The number of aromatic nitrogens is 2. The monoisotopic (exact) mass is 335 g/mol. The third-order valence-corrected chi connectivity index (χ3v) is 3.77. The van der Waals surface area contributed by atoms with Crippen LogP contribution in [0.5, 0.6) is 0 Å². The summed E-state index contributed by atoms with van der Waals surface area (Å²) in [4.78, 5) is 13.4. The molecule has 1 aromatic rings. The minimum absolute atomic E-state index is 0.0443. The lowest BCUT2D eigenvalue weighted by atomic mass is 9.99. The first-order chi connectivity index (χ1) is 7.74. The molecule has 88 valence electrons. The van der Waals surface area contributed by atoms with Gasteiger partial charge in [-0.05, 0) is 41.9 Å². The Morgan fingerprint density at radius 3 is 3.12 bits per heavy atom. The minimum atomic E-state index is -0.415. The number of aliphatic hydroxyl groups is 1. The van der Waals surface area contributed by atoms with Gasteiger partial charge in [0.25, 0.3) is 0 Å². The van der Waals surface area contributed by atoms with Crippen molar-refractivity contribution < 1.29 is 9.90 Å². The number of hydrogen-bond donors (Lipinski definition) is 2. The number of aromatic amines is 1. The van der Waals surface area contributed by atoms with Crippen LogP contribution in [0, 0.1) is 3.57 Å². The van der Waals surface area contributed by atoms with Gasteiger partial charge in [0, 0.05) is 6.54 Å². The molecular weight excluding hydrogens is 321 g/mol. The van der Waals surface area contributed by atoms with E-state index in [1.807, 2.05) is 0 Å². The fraction of sp³-hybridized carbons (Fsp3) is 0.600. The van der Waals surface area contributed by atoms with Crippen LogP contribution in [0.1, 0.15) is 31.0 Å². The highest BCUT2D eigenvalue weighted by atomic mass is 127. The van der Waals surface area contributed by atoms with Crippen LogP contribution in [-0.2, 0) is 4.79 Å². The Morgan fingerprint density at radius 1 is 1.69 bits per heavy atom. The maximum absolute atomic E-state index is 11.6. The normalized spacial score (nSPS) is 21.1. The van der Waals surface area contributed by atoms with Crippen LogP contribution in [0.3, 0.4) is 0 Å². The molecule has 1 atom stereocenters. The third-order valence-electron chi connectivity index (χ3n) is 2.91. The van der Waals surface area contributed by atoms with Gasteiger partial charge in [-0.2, -0.15) is 5.10 Å². The van der Waals surface area contributed by atoms with Gasteiger partial charge >= 0.3 is 0 Å². The molecule has 2 N–H and O–H groups in total. The molecule has 1 fully saturated rings. The summed E-state index contributed by atoms with van der Waals surface area (Å²) in [5, 5.41) is 15.9. The molecule has 1 amide bonds. The summed E-state index contributed by atoms with van der Waals surface area (Å²) >= 11 is 2.21. The molecular formula is C10H14IN3O2. The van der Waals surface area contributed by atoms with Crippen molar-refractivity contribution in [3.8, 4) is 0 Å². The number of aliphatic hydroxyl groups excluding tert-OH is 1. The molecule has 16 heavy (non-hydrogen) atoms. The van der Waals surface area contributed by atoms with E-state index in [0.717, 1.165) is 35.1 Å². The van der Waals surface area contributed by atoms with E-state index in [4.69, 9.17) is 5.11 Å². The second-order valence-electron chi connectivity index (χ2n) is 3.89. The molecule has 1 unspecified atom stereocenters. The molecule has 0 aromatic carbocycles. The molecule has 1 aliphatic heterocycles. The van der Waals surface area contributed by atoms with E-state index in [-0.39, 0.29) is 11.9 Å². The SMILES string of the molecule is O=C(CO)N1CCCCC1c1[nH]ncc1I. The molecule has 1 aromatic heterocycles. The van der Waals surface area contributed by atoms with Crippen LogP contribution < -0.4 is 0 Å². The zero-order valence-corrected chi connectivity index (χ0v) is 11.0. The summed E-state index contributed by atoms with van der Waals surface area (Å²) in [6.07, 6.45) is 4.80. The van der Waals surface area contributed by atoms with Crippen LogP contribution in [0.15, 0.2) is 6.20 Å². The van der Waals surface area contributed by atoms with Gasteiger partial charge in [-0.15, -0.1) is 0 Å². The Morgan fingerprint density at radius 2 is 2.50 bits per heavy atom. The van der Waals surface area contributed by atoms with E-state index in [1.165, 1.54) is 0 Å². The van der Waals surface area contributed by atoms with Crippen molar-refractivity contribution in [2.45, 2.75) is 25.3 Å². The van der Waals surface area contributed by atoms with E-state index < -0.39 is 6.61 Å². The van der Waals surface area contributed by atoms with Gasteiger partial charge in [0.2, 0.25) is 5.91 Å². The second-order valence-corrected chi connectivity index (χ2v) is 5.05. The maximum Gasteiger partial charge on any atom is 0.248 e. The van der Waals surface area contributed by atoms with Gasteiger partial charge in [-0.1, -0.05) is 0 Å². The number of carbonyl (C=O) groups excluding carboxylic acids is 1. The summed E-state index contributed by atoms with van der Waals surface area (Å²) in [7, 11) is 0. The van der Waals surface area contributed by atoms with E-state index in [0.29, 0.717) is 0 Å². The highest BCUT2D eigenvalue weighted by molar-refractivity contribution is 14.1. The Balaban J connectivity index is 2.23. The molecule has 0 radical (unpaired) electrons. The molecule has 1 aliphatic rings. The Hall–Kier alpha value is -0.630. The van der Waals surface area contributed by atoms with E-state index in [9.17, 15) is 4.79 Å². The molecule has 0 spiro atoms. The summed E-state index contributed by atoms with van der Waals surface area (Å²) in [5.41, 5.74) is 0.988. The molecule has 0 saturated carbocycles. The predicted octanol–water partition coefficient (Wildman–Crippen LogP) is 1.06. The summed E-state index contributed by atoms with van der Waals surface area (Å²) in [6.45, 7) is 0.306. The second kappa shape index (κ2) is 5.13. The van der Waals surface area contributed by atoms with Gasteiger partial charge < -0.3 is 10.0 Å². The molecule has 1 saturated heterocycles. The zero-order chi connectivity index (χ0) is 11.5. The fourth-order valence-electron chi connectivity index (χ4n) is 2.14. The van der Waals surface area contributed by atoms with Gasteiger partial charge in [-0.25, -0.2) is 0 Å². The molecule has 0 aliphatic carbocycles. The van der Waals surface area contributed by atoms with Crippen molar-refractivity contribution in [1.29, 1.82) is 0 Å². The summed E-state index contributed by atoms with van der Waals surface area (Å²) in [5.74, 6) is -0.199. The van der Waals surface area contributed by atoms with Gasteiger partial charge in [0.05, 0.1) is 21.5 Å². The molecule has 2 rings (SSSR count). The van der Waals surface area contributed by atoms with Crippen molar-refractivity contribution >= 4 is 28.5 Å². The lowest BCUT2D eigenvalue weighted by Gasteiger charge is -2.34. The van der Waals surface area contributed by atoms with Crippen LogP contribution in [0.2, 0.25) is 0 Å². The van der Waals surface area contributed by atoms with Crippen molar-refractivity contribution in [2.24, 2.45) is 0 Å². The van der Waals surface area contributed by atoms with Crippen molar-refractivity contribution in [2.75, 3.05) is 13.2 Å². The number of carbonyl (C=O) groups is 1. The first kappa shape index (κ1) is 11.8. The quantitative estimate of drug-likeness (QED) is 0.794. The minimum Gasteiger partial charge on any atom is -0.387 e. The number of halogens is 1. The Bertz CT molecular complexity index is 380. The average Bonchev–Trinajstić information content (AvgIpc) is 2.74. The van der Waals surface area contributed by atoms with E-state index in [1.54, 1.807) is 11.1 Å². The fourth-order valence-corrected chi connectivity index (χ4v) is 2.76. The number of likely N-dealkylation sites (tertiary alicyclic amines) is 1. The molecule has 5 nitrogen and oxygen atoms in total. The lowest BCUT2D eigenvalue weighted by molar-refractivity contribution is -0.138. The Labute approximate surface area is 107 Å². The van der Waals surface area contributed by atoms with Crippen molar-refractivity contribution in [3.05, 3.63) is 15.5 Å². The average molecular weight is 335 g/mol. The topological polar surface area (TPSA) is 69.2 Å². The summed E-state index contributed by atoms with van der Waals surface area (Å²) < 4.78 is 1.04. The predicted molar refractivity (Wildman–Crippen MR) is 66.7 cm³/mol. The third kappa shape index (κ3) is 2.22. The van der Waals surface area contributed by atoms with E-state index in [2.05, 4.69) is 32.8 Å². The number of piperidine rings is 1. The number of amides is 1. The number of H-pyrrole nitrogens is 1. The summed E-state index contributed by atoms with van der Waals surface area (Å²) in [6, 6.07) is 0.0443. The first-order valence-corrected chi connectivity index (χ1v) is 6.41. The highest BCUT2D eigenvalue weighted by Crippen LogP contribution is 2.31. The van der Waals surface area contributed by atoms with Crippen LogP contribution in [-0.4, -0.2) is 39.3 Å². The van der Waals surface area contributed by atoms with Crippen LogP contribution in [0.25, 0.3) is 0 Å². The largest absolute Gasteiger partial charge is 0.387 e. The molecule has 6 heteroatoms.